The van der Waals surface area contributed by atoms with Crippen molar-refractivity contribution in [1.82, 2.24) is 30.4 Å². The Morgan fingerprint density at radius 2 is 1.85 bits per heavy atom. The van der Waals surface area contributed by atoms with Gasteiger partial charge in [0.05, 0.1) is 0 Å². The average Bonchev–Trinajstić information content (AvgIpc) is 3.43. The van der Waals surface area contributed by atoms with Crippen LogP contribution in [-0.4, -0.2) is 30.8 Å². The van der Waals surface area contributed by atoms with E-state index in [2.05, 4.69) is 51.9 Å². The van der Waals surface area contributed by atoms with Gasteiger partial charge in [-0.15, -0.1) is 10.2 Å². The summed E-state index contributed by atoms with van der Waals surface area (Å²) in [7, 11) is 0. The van der Waals surface area contributed by atoms with E-state index in [1.54, 1.807) is 10.6 Å². The fourth-order valence-electron chi connectivity index (χ4n) is 3.30. The zero-order valence-electron chi connectivity index (χ0n) is 19.3. The molecule has 0 saturated carbocycles. The lowest BCUT2D eigenvalue weighted by atomic mass is 10.0. The van der Waals surface area contributed by atoms with E-state index in [9.17, 15) is 4.79 Å². The maximum absolute atomic E-state index is 12.2. The molecule has 4 rings (SSSR count). The van der Waals surface area contributed by atoms with E-state index >= 15 is 0 Å². The van der Waals surface area contributed by atoms with Gasteiger partial charge in [-0.05, 0) is 40.9 Å². The minimum absolute atomic E-state index is 0.268. The zero-order chi connectivity index (χ0) is 24.1. The van der Waals surface area contributed by atoms with E-state index in [1.807, 2.05) is 43.3 Å². The van der Waals surface area contributed by atoms with Gasteiger partial charge in [0.2, 0.25) is 10.9 Å². The molecule has 0 aliphatic carbocycles. The van der Waals surface area contributed by atoms with E-state index in [-0.39, 0.29) is 11.0 Å². The highest BCUT2D eigenvalue weighted by Gasteiger charge is 2.11. The molecule has 0 bridgehead atoms. The maximum Gasteiger partial charge on any atom is 0.250 e. The third-order valence-corrected chi connectivity index (χ3v) is 6.49. The summed E-state index contributed by atoms with van der Waals surface area (Å²) in [6, 6.07) is 16.2. The number of nitrogens with one attached hydrogen (secondary N) is 2. The first-order valence-electron chi connectivity index (χ1n) is 11.1. The van der Waals surface area contributed by atoms with Crippen molar-refractivity contribution < 1.29 is 4.79 Å². The second-order valence-electron chi connectivity index (χ2n) is 8.09. The molecule has 2 aromatic heterocycles. The highest BCUT2D eigenvalue weighted by atomic mass is 32.1. The van der Waals surface area contributed by atoms with Gasteiger partial charge >= 0.3 is 0 Å². The molecule has 0 radical (unpaired) electrons. The summed E-state index contributed by atoms with van der Waals surface area (Å²) < 4.78 is 1.80. The number of aryl methyl sites for hydroxylation is 1. The van der Waals surface area contributed by atoms with E-state index in [4.69, 9.17) is 12.2 Å². The van der Waals surface area contributed by atoms with Crippen LogP contribution in [0.2, 0.25) is 0 Å². The van der Waals surface area contributed by atoms with Crippen molar-refractivity contribution in [1.29, 1.82) is 0 Å². The van der Waals surface area contributed by atoms with Crippen LogP contribution in [0.15, 0.2) is 54.6 Å². The van der Waals surface area contributed by atoms with Gasteiger partial charge < -0.3 is 5.32 Å². The molecule has 0 aliphatic heterocycles. The number of carbonyl (C=O) groups excluding carboxylic acids is 1. The van der Waals surface area contributed by atoms with E-state index < -0.39 is 0 Å². The molecule has 34 heavy (non-hydrogen) atoms. The highest BCUT2D eigenvalue weighted by molar-refractivity contribution is 7.80. The van der Waals surface area contributed by atoms with Crippen molar-refractivity contribution in [3.05, 3.63) is 77.1 Å². The molecule has 0 spiro atoms. The Hall–Kier alpha value is -3.43. The van der Waals surface area contributed by atoms with Gasteiger partial charge in [0, 0.05) is 24.6 Å². The van der Waals surface area contributed by atoms with Gasteiger partial charge in [-0.3, -0.25) is 10.1 Å². The SMILES string of the molecule is CCc1nnc2sc(-c3ccc(CNC(=S)NC(=O)/C=C/c4ccc(C(C)C)cc4)cc3)nn12. The summed E-state index contributed by atoms with van der Waals surface area (Å²) in [6.45, 7) is 6.84. The third kappa shape index (κ3) is 5.73. The monoisotopic (exact) mass is 490 g/mol. The molecule has 0 fully saturated rings. The lowest BCUT2D eigenvalue weighted by Crippen LogP contribution is -2.37. The summed E-state index contributed by atoms with van der Waals surface area (Å²) in [5, 5.41) is 19.9. The Balaban J connectivity index is 1.27. The number of fused-ring (bicyclic) bond motifs is 1. The Bertz CT molecular complexity index is 1320. The van der Waals surface area contributed by atoms with Crippen molar-refractivity contribution >= 4 is 45.6 Å². The van der Waals surface area contributed by atoms with Crippen LogP contribution in [0.1, 0.15) is 49.2 Å². The number of rotatable bonds is 7. The van der Waals surface area contributed by atoms with Crippen molar-refractivity contribution in [2.45, 2.75) is 39.7 Å². The van der Waals surface area contributed by atoms with Gasteiger partial charge in [0.15, 0.2) is 10.9 Å². The fourth-order valence-corrected chi connectivity index (χ4v) is 4.34. The molecule has 0 aliphatic rings. The van der Waals surface area contributed by atoms with Gasteiger partial charge in [0.25, 0.3) is 0 Å². The number of hydrogen-bond donors (Lipinski definition) is 2. The first-order valence-corrected chi connectivity index (χ1v) is 12.3. The number of hydrogen-bond acceptors (Lipinski definition) is 6. The molecule has 2 aromatic carbocycles. The van der Waals surface area contributed by atoms with E-state index in [0.717, 1.165) is 38.9 Å². The Morgan fingerprint density at radius 3 is 2.53 bits per heavy atom. The Kier molecular flexibility index (Phi) is 7.44. The summed E-state index contributed by atoms with van der Waals surface area (Å²) in [6.07, 6.45) is 4.04. The summed E-state index contributed by atoms with van der Waals surface area (Å²) in [4.78, 5) is 13.0. The minimum Gasteiger partial charge on any atom is -0.358 e. The second-order valence-corrected chi connectivity index (χ2v) is 9.46. The highest BCUT2D eigenvalue weighted by Crippen LogP contribution is 2.25. The number of thiocarbonyl (C=S) groups is 1. The molecule has 2 heterocycles. The Labute approximate surface area is 207 Å². The van der Waals surface area contributed by atoms with Crippen LogP contribution in [0.3, 0.4) is 0 Å². The second kappa shape index (κ2) is 10.7. The Morgan fingerprint density at radius 1 is 1.12 bits per heavy atom. The first-order chi connectivity index (χ1) is 16.4. The lowest BCUT2D eigenvalue weighted by molar-refractivity contribution is -0.115. The van der Waals surface area contributed by atoms with Crippen molar-refractivity contribution in [3.63, 3.8) is 0 Å². The quantitative estimate of drug-likeness (QED) is 0.288. The molecule has 0 unspecified atom stereocenters. The van der Waals surface area contributed by atoms with E-state index in [0.29, 0.717) is 12.5 Å². The maximum atomic E-state index is 12.2. The number of nitrogens with zero attached hydrogens (tertiary/aromatic N) is 4. The van der Waals surface area contributed by atoms with Crippen LogP contribution in [-0.2, 0) is 17.8 Å². The smallest absolute Gasteiger partial charge is 0.250 e. The summed E-state index contributed by atoms with van der Waals surface area (Å²) in [5.74, 6) is 1.07. The molecule has 1 amide bonds. The van der Waals surface area contributed by atoms with Gasteiger partial charge in [-0.25, -0.2) is 0 Å². The van der Waals surface area contributed by atoms with Crippen molar-refractivity contribution in [3.8, 4) is 10.6 Å². The van der Waals surface area contributed by atoms with Crippen LogP contribution >= 0.6 is 23.6 Å². The van der Waals surface area contributed by atoms with Gasteiger partial charge in [0.1, 0.15) is 5.01 Å². The van der Waals surface area contributed by atoms with Crippen LogP contribution in [0.4, 0.5) is 0 Å². The molecule has 174 valence electrons. The van der Waals surface area contributed by atoms with Crippen LogP contribution < -0.4 is 10.6 Å². The molecule has 7 nitrogen and oxygen atoms in total. The first kappa shape index (κ1) is 23.7. The molecule has 2 N–H and O–H groups in total. The summed E-state index contributed by atoms with van der Waals surface area (Å²) in [5.41, 5.74) is 4.29. The number of aromatic nitrogens is 4. The fraction of sp³-hybridized carbons (Fsp3) is 0.240. The van der Waals surface area contributed by atoms with Gasteiger partial charge in [-0.1, -0.05) is 80.6 Å². The number of benzene rings is 2. The average molecular weight is 491 g/mol. The molecular weight excluding hydrogens is 464 g/mol. The van der Waals surface area contributed by atoms with Crippen LogP contribution in [0.25, 0.3) is 21.6 Å². The van der Waals surface area contributed by atoms with Gasteiger partial charge in [-0.2, -0.15) is 9.61 Å². The predicted octanol–water partition coefficient (Wildman–Crippen LogP) is 4.74. The van der Waals surface area contributed by atoms with Crippen molar-refractivity contribution in [2.24, 2.45) is 0 Å². The normalized spacial score (nSPS) is 11.4. The number of amides is 1. The molecule has 0 atom stereocenters. The number of carbonyl (C=O) groups is 1. The largest absolute Gasteiger partial charge is 0.358 e. The topological polar surface area (TPSA) is 84.2 Å². The molecular formula is C25H26N6OS2. The molecule has 4 aromatic rings. The van der Waals surface area contributed by atoms with Crippen LogP contribution in [0, 0.1) is 0 Å². The van der Waals surface area contributed by atoms with E-state index in [1.165, 1.54) is 23.0 Å². The molecule has 0 saturated heterocycles. The molecule has 9 heteroatoms. The predicted molar refractivity (Wildman–Crippen MR) is 141 cm³/mol. The zero-order valence-corrected chi connectivity index (χ0v) is 20.9. The van der Waals surface area contributed by atoms with Crippen molar-refractivity contribution in [2.75, 3.05) is 0 Å². The minimum atomic E-state index is -0.268. The lowest BCUT2D eigenvalue weighted by Gasteiger charge is -2.08. The summed E-state index contributed by atoms with van der Waals surface area (Å²) >= 11 is 6.77. The third-order valence-electron chi connectivity index (χ3n) is 5.29. The van der Waals surface area contributed by atoms with Crippen LogP contribution in [0.5, 0.6) is 0 Å². The standard InChI is InChI=1S/C25H26N6OS2/c1-4-21-28-29-25-31(21)30-23(34-25)20-12-7-18(8-13-20)15-26-24(33)27-22(32)14-9-17-5-10-19(11-6-17)16(2)3/h5-14,16H,4,15H2,1-3H3,(H2,26,27,32,33)/b14-9+.